The molecule has 6 rings (SSSR count). The highest BCUT2D eigenvalue weighted by Crippen LogP contribution is 2.48. The van der Waals surface area contributed by atoms with Gasteiger partial charge in [-0.05, 0) is 45.4 Å². The van der Waals surface area contributed by atoms with E-state index in [1.54, 1.807) is 0 Å². The molecular formula is C21H24N6O2. The Balaban J connectivity index is 1.68. The van der Waals surface area contributed by atoms with Gasteiger partial charge in [-0.2, -0.15) is 0 Å². The van der Waals surface area contributed by atoms with Gasteiger partial charge >= 0.3 is 0 Å². The number of hydrogen-bond acceptors (Lipinski definition) is 6. The van der Waals surface area contributed by atoms with Gasteiger partial charge in [-0.1, -0.05) is 5.16 Å². The monoisotopic (exact) mass is 392 g/mol. The first-order chi connectivity index (χ1) is 14.0. The third kappa shape index (κ3) is 2.44. The number of nitrogen functional groups attached to an aromatic ring is 1. The molecule has 8 nitrogen and oxygen atoms in total. The number of carbonyl (C=O) groups is 1. The first-order valence-electron chi connectivity index (χ1n) is 10.5. The van der Waals surface area contributed by atoms with E-state index in [0.717, 1.165) is 47.4 Å². The van der Waals surface area contributed by atoms with Crippen molar-refractivity contribution in [2.24, 2.45) is 5.92 Å². The van der Waals surface area contributed by atoms with E-state index in [9.17, 15) is 4.79 Å². The van der Waals surface area contributed by atoms with E-state index in [-0.39, 0.29) is 11.9 Å². The van der Waals surface area contributed by atoms with E-state index in [1.165, 1.54) is 19.2 Å². The summed E-state index contributed by atoms with van der Waals surface area (Å²) in [6, 6.07) is 0.157. The summed E-state index contributed by atoms with van der Waals surface area (Å²) >= 11 is 0. The van der Waals surface area contributed by atoms with Gasteiger partial charge in [-0.15, -0.1) is 0 Å². The fourth-order valence-corrected chi connectivity index (χ4v) is 4.65. The number of carbonyl (C=O) groups excluding carboxylic acids is 1. The Bertz CT molecular complexity index is 1150. The molecule has 3 aliphatic rings. The van der Waals surface area contributed by atoms with Crippen molar-refractivity contribution in [3.8, 4) is 11.3 Å². The maximum atomic E-state index is 13.6. The van der Waals surface area contributed by atoms with E-state index in [1.807, 2.05) is 4.90 Å². The zero-order valence-corrected chi connectivity index (χ0v) is 16.7. The number of rotatable bonds is 4. The smallest absolute Gasteiger partial charge is 0.260 e. The second-order valence-electron chi connectivity index (χ2n) is 8.92. The third-order valence-corrected chi connectivity index (χ3v) is 6.35. The molecule has 0 saturated heterocycles. The van der Waals surface area contributed by atoms with Crippen LogP contribution in [0.15, 0.2) is 10.9 Å². The molecule has 3 aromatic rings. The van der Waals surface area contributed by atoms with E-state index in [0.29, 0.717) is 35.5 Å². The van der Waals surface area contributed by atoms with Crippen molar-refractivity contribution in [2.45, 2.75) is 58.0 Å². The van der Waals surface area contributed by atoms with Gasteiger partial charge < -0.3 is 19.7 Å². The van der Waals surface area contributed by atoms with Crippen molar-refractivity contribution < 1.29 is 9.32 Å². The van der Waals surface area contributed by atoms with Crippen LogP contribution in [0.1, 0.15) is 73.3 Å². The molecule has 150 valence electrons. The normalized spacial score (nSPS) is 19.0. The lowest BCUT2D eigenvalue weighted by molar-refractivity contribution is 0.0731. The Kier molecular flexibility index (Phi) is 3.40. The standard InChI is InChI=1S/C21H24N6O2/c1-10(2)27-13-8-26(7-11-3-4-11)21(28)16-17(25-29-18(16)12-5-6-12)14(13)15-19(22)23-9-24-20(15)27/h9-12H,3-8H2,1-2H3,(H2,22,23,24). The molecule has 1 aliphatic heterocycles. The summed E-state index contributed by atoms with van der Waals surface area (Å²) in [5.41, 5.74) is 10.2. The Morgan fingerprint density at radius 2 is 2.00 bits per heavy atom. The number of hydrogen-bond donors (Lipinski definition) is 1. The number of fused-ring (bicyclic) bond motifs is 5. The van der Waals surface area contributed by atoms with Crippen LogP contribution in [0.25, 0.3) is 22.3 Å². The molecule has 0 bridgehead atoms. The van der Waals surface area contributed by atoms with Crippen LogP contribution in [0.2, 0.25) is 0 Å². The average Bonchev–Trinajstić information content (AvgIpc) is 3.61. The molecule has 0 spiro atoms. The molecule has 4 heterocycles. The van der Waals surface area contributed by atoms with Crippen LogP contribution in [0.4, 0.5) is 5.82 Å². The molecule has 0 unspecified atom stereocenters. The molecule has 8 heteroatoms. The zero-order chi connectivity index (χ0) is 19.9. The Hall–Kier alpha value is -2.90. The SMILES string of the molecule is CC(C)n1c2c(c3c(N)ncnc31)-c1noc(C3CC3)c1C(=O)N(CC1CC1)C2. The second kappa shape index (κ2) is 5.81. The molecule has 0 aromatic carbocycles. The predicted molar refractivity (Wildman–Crippen MR) is 107 cm³/mol. The molecular weight excluding hydrogens is 368 g/mol. The second-order valence-corrected chi connectivity index (χ2v) is 8.92. The van der Waals surface area contributed by atoms with Crippen LogP contribution in [0.5, 0.6) is 0 Å². The van der Waals surface area contributed by atoms with Crippen molar-refractivity contribution in [1.29, 1.82) is 0 Å². The molecule has 29 heavy (non-hydrogen) atoms. The molecule has 2 aliphatic carbocycles. The van der Waals surface area contributed by atoms with Gasteiger partial charge in [0.15, 0.2) is 5.76 Å². The summed E-state index contributed by atoms with van der Waals surface area (Å²) in [5, 5.41) is 5.19. The minimum Gasteiger partial charge on any atom is -0.383 e. The minimum absolute atomic E-state index is 0.0325. The lowest BCUT2D eigenvalue weighted by Gasteiger charge is -2.23. The summed E-state index contributed by atoms with van der Waals surface area (Å²) in [7, 11) is 0. The highest BCUT2D eigenvalue weighted by Gasteiger charge is 2.42. The fraction of sp³-hybridized carbons (Fsp3) is 0.524. The van der Waals surface area contributed by atoms with Gasteiger partial charge in [0, 0.05) is 29.8 Å². The molecule has 2 saturated carbocycles. The Morgan fingerprint density at radius 1 is 1.21 bits per heavy atom. The van der Waals surface area contributed by atoms with Gasteiger partial charge in [-0.25, -0.2) is 9.97 Å². The molecule has 2 N–H and O–H groups in total. The van der Waals surface area contributed by atoms with Gasteiger partial charge in [0.1, 0.15) is 29.0 Å². The maximum Gasteiger partial charge on any atom is 0.260 e. The maximum absolute atomic E-state index is 13.6. The molecule has 3 aromatic heterocycles. The molecule has 2 fully saturated rings. The highest BCUT2D eigenvalue weighted by atomic mass is 16.5. The van der Waals surface area contributed by atoms with Crippen LogP contribution < -0.4 is 5.73 Å². The van der Waals surface area contributed by atoms with Crippen molar-refractivity contribution >= 4 is 22.8 Å². The Labute approximate surface area is 168 Å². The summed E-state index contributed by atoms with van der Waals surface area (Å²) in [4.78, 5) is 24.4. The largest absolute Gasteiger partial charge is 0.383 e. The summed E-state index contributed by atoms with van der Waals surface area (Å²) in [5.74, 6) is 2.07. The van der Waals surface area contributed by atoms with Crippen LogP contribution in [-0.2, 0) is 6.54 Å². The molecule has 0 radical (unpaired) electrons. The van der Waals surface area contributed by atoms with Crippen molar-refractivity contribution in [3.63, 3.8) is 0 Å². The summed E-state index contributed by atoms with van der Waals surface area (Å²) in [6.07, 6.45) is 5.97. The number of amides is 1. The van der Waals surface area contributed by atoms with Gasteiger partial charge in [0.05, 0.1) is 11.9 Å². The van der Waals surface area contributed by atoms with Crippen molar-refractivity contribution in [2.75, 3.05) is 12.3 Å². The molecule has 0 atom stereocenters. The van der Waals surface area contributed by atoms with Crippen LogP contribution >= 0.6 is 0 Å². The highest BCUT2D eigenvalue weighted by molar-refractivity contribution is 6.09. The Morgan fingerprint density at radius 3 is 2.69 bits per heavy atom. The van der Waals surface area contributed by atoms with Crippen molar-refractivity contribution in [3.05, 3.63) is 23.3 Å². The van der Waals surface area contributed by atoms with E-state index in [2.05, 4.69) is 33.5 Å². The first kappa shape index (κ1) is 17.0. The predicted octanol–water partition coefficient (Wildman–Crippen LogP) is 3.49. The van der Waals surface area contributed by atoms with Crippen LogP contribution in [0, 0.1) is 5.92 Å². The van der Waals surface area contributed by atoms with Crippen LogP contribution in [0.3, 0.4) is 0 Å². The quantitative estimate of drug-likeness (QED) is 0.729. The number of nitrogens with zero attached hydrogens (tertiary/aromatic N) is 5. The molecule has 1 amide bonds. The fourth-order valence-electron chi connectivity index (χ4n) is 4.65. The zero-order valence-electron chi connectivity index (χ0n) is 16.7. The van der Waals surface area contributed by atoms with Crippen LogP contribution in [-0.4, -0.2) is 37.0 Å². The van der Waals surface area contributed by atoms with E-state index < -0.39 is 0 Å². The van der Waals surface area contributed by atoms with Gasteiger partial charge in [0.25, 0.3) is 5.91 Å². The van der Waals surface area contributed by atoms with E-state index in [4.69, 9.17) is 10.3 Å². The third-order valence-electron chi connectivity index (χ3n) is 6.35. The number of anilines is 1. The van der Waals surface area contributed by atoms with E-state index >= 15 is 0 Å². The lowest BCUT2D eigenvalue weighted by Crippen LogP contribution is -2.32. The van der Waals surface area contributed by atoms with Crippen molar-refractivity contribution in [1.82, 2.24) is 24.6 Å². The van der Waals surface area contributed by atoms with Gasteiger partial charge in [-0.3, -0.25) is 4.79 Å². The number of nitrogens with two attached hydrogens (primary N) is 1. The number of aromatic nitrogens is 4. The topological polar surface area (TPSA) is 103 Å². The lowest BCUT2D eigenvalue weighted by atomic mass is 10.0. The van der Waals surface area contributed by atoms with Gasteiger partial charge in [0.2, 0.25) is 0 Å². The minimum atomic E-state index is 0.0325. The average molecular weight is 392 g/mol. The first-order valence-corrected chi connectivity index (χ1v) is 10.5. The summed E-state index contributed by atoms with van der Waals surface area (Å²) < 4.78 is 7.94. The summed E-state index contributed by atoms with van der Waals surface area (Å²) in [6.45, 7) is 5.54.